The second-order valence-corrected chi connectivity index (χ2v) is 5.79. The number of aromatic nitrogens is 1. The highest BCUT2D eigenvalue weighted by Crippen LogP contribution is 2.24. The van der Waals surface area contributed by atoms with Gasteiger partial charge in [0.1, 0.15) is 5.82 Å². The molecule has 1 N–H and O–H groups in total. The van der Waals surface area contributed by atoms with Gasteiger partial charge in [0.25, 0.3) is 0 Å². The molecular weight excluding hydrogens is 308 g/mol. The molecule has 4 heteroatoms. The van der Waals surface area contributed by atoms with Crippen LogP contribution in [-0.2, 0) is 5.75 Å². The molecule has 0 unspecified atom stereocenters. The van der Waals surface area contributed by atoms with Gasteiger partial charge in [-0.2, -0.15) is 0 Å². The summed E-state index contributed by atoms with van der Waals surface area (Å²) in [5.41, 5.74) is 1.24. The lowest BCUT2D eigenvalue weighted by Gasteiger charge is -2.04. The van der Waals surface area contributed by atoms with Crippen LogP contribution < -0.4 is 5.32 Å². The highest BCUT2D eigenvalue weighted by atomic mass is 79.9. The fraction of sp³-hybridized carbons (Fsp3) is 0.214. The van der Waals surface area contributed by atoms with Crippen molar-refractivity contribution in [2.75, 3.05) is 11.9 Å². The second kappa shape index (κ2) is 6.81. The Morgan fingerprint density at radius 1 is 1.17 bits per heavy atom. The Bertz CT molecular complexity index is 482. The number of rotatable bonds is 5. The largest absolute Gasteiger partial charge is 0.370 e. The van der Waals surface area contributed by atoms with Gasteiger partial charge in [-0.05, 0) is 42.8 Å². The van der Waals surface area contributed by atoms with Gasteiger partial charge >= 0.3 is 0 Å². The lowest BCUT2D eigenvalue weighted by atomic mass is 10.3. The summed E-state index contributed by atoms with van der Waals surface area (Å²) in [4.78, 5) is 5.64. The molecule has 0 atom stereocenters. The van der Waals surface area contributed by atoms with Crippen LogP contribution in [-0.4, -0.2) is 11.5 Å². The monoisotopic (exact) mass is 322 g/mol. The maximum Gasteiger partial charge on any atom is 0.125 e. The first kappa shape index (κ1) is 13.4. The molecule has 1 aromatic heterocycles. The molecule has 18 heavy (non-hydrogen) atoms. The van der Waals surface area contributed by atoms with Gasteiger partial charge in [-0.15, -0.1) is 11.8 Å². The van der Waals surface area contributed by atoms with Crippen LogP contribution >= 0.6 is 27.7 Å². The summed E-state index contributed by atoms with van der Waals surface area (Å²) in [6, 6.07) is 12.5. The molecule has 2 aromatic rings. The zero-order chi connectivity index (χ0) is 12.8. The molecule has 0 aliphatic rings. The number of benzene rings is 1. The molecule has 0 saturated heterocycles. The molecular formula is C14H15BrN2S. The highest BCUT2D eigenvalue weighted by Gasteiger charge is 1.98. The summed E-state index contributed by atoms with van der Waals surface area (Å²) in [7, 11) is 0. The van der Waals surface area contributed by atoms with E-state index in [1.807, 2.05) is 24.0 Å². The quantitative estimate of drug-likeness (QED) is 0.816. The molecule has 1 heterocycles. The van der Waals surface area contributed by atoms with Gasteiger partial charge in [0, 0.05) is 27.9 Å². The maximum absolute atomic E-state index is 4.36. The molecule has 94 valence electrons. The topological polar surface area (TPSA) is 24.9 Å². The number of thioether (sulfide) groups is 1. The van der Waals surface area contributed by atoms with E-state index in [2.05, 4.69) is 63.5 Å². The molecule has 0 spiro atoms. The van der Waals surface area contributed by atoms with Gasteiger partial charge in [-0.25, -0.2) is 4.98 Å². The first-order valence-corrected chi connectivity index (χ1v) is 7.63. The summed E-state index contributed by atoms with van der Waals surface area (Å²) < 4.78 is 1.11. The standard InChI is InChI=1S/C14H15BrN2S/c1-2-16-14-8-3-11(9-17-14)10-18-13-6-4-12(15)5-7-13/h3-9H,2,10H2,1H3,(H,16,17). The second-order valence-electron chi connectivity index (χ2n) is 3.82. The average Bonchev–Trinajstić information content (AvgIpc) is 2.40. The molecule has 0 aliphatic carbocycles. The van der Waals surface area contributed by atoms with Crippen LogP contribution in [0.1, 0.15) is 12.5 Å². The molecule has 1 aromatic carbocycles. The number of nitrogens with zero attached hydrogens (tertiary/aromatic N) is 1. The molecule has 0 aliphatic heterocycles. The van der Waals surface area contributed by atoms with E-state index in [1.54, 1.807) is 0 Å². The Kier molecular flexibility index (Phi) is 5.08. The van der Waals surface area contributed by atoms with Crippen molar-refractivity contribution < 1.29 is 0 Å². The molecule has 0 saturated carbocycles. The van der Waals surface area contributed by atoms with E-state index >= 15 is 0 Å². The van der Waals surface area contributed by atoms with Crippen LogP contribution in [0.5, 0.6) is 0 Å². The van der Waals surface area contributed by atoms with E-state index in [9.17, 15) is 0 Å². The molecule has 2 rings (SSSR count). The number of nitrogens with one attached hydrogen (secondary N) is 1. The molecule has 0 fully saturated rings. The van der Waals surface area contributed by atoms with Crippen molar-refractivity contribution in [3.8, 4) is 0 Å². The van der Waals surface area contributed by atoms with Crippen LogP contribution in [0, 0.1) is 0 Å². The van der Waals surface area contributed by atoms with Crippen LogP contribution in [0.4, 0.5) is 5.82 Å². The van der Waals surface area contributed by atoms with Crippen molar-refractivity contribution >= 4 is 33.5 Å². The summed E-state index contributed by atoms with van der Waals surface area (Å²) in [6.07, 6.45) is 1.93. The van der Waals surface area contributed by atoms with Crippen LogP contribution in [0.25, 0.3) is 0 Å². The van der Waals surface area contributed by atoms with E-state index in [1.165, 1.54) is 10.5 Å². The van der Waals surface area contributed by atoms with Gasteiger partial charge in [0.05, 0.1) is 0 Å². The van der Waals surface area contributed by atoms with Crippen molar-refractivity contribution in [2.45, 2.75) is 17.6 Å². The van der Waals surface area contributed by atoms with E-state index in [0.717, 1.165) is 22.6 Å². The van der Waals surface area contributed by atoms with Crippen molar-refractivity contribution in [1.29, 1.82) is 0 Å². The third-order valence-corrected chi connectivity index (χ3v) is 4.01. The Morgan fingerprint density at radius 3 is 2.56 bits per heavy atom. The Labute approximate surface area is 120 Å². The van der Waals surface area contributed by atoms with Gasteiger partial charge in [-0.3, -0.25) is 0 Å². The van der Waals surface area contributed by atoms with Crippen LogP contribution in [0.3, 0.4) is 0 Å². The summed E-state index contributed by atoms with van der Waals surface area (Å²) in [5, 5.41) is 3.19. The highest BCUT2D eigenvalue weighted by molar-refractivity contribution is 9.10. The summed E-state index contributed by atoms with van der Waals surface area (Å²) >= 11 is 5.26. The zero-order valence-corrected chi connectivity index (χ0v) is 12.6. The van der Waals surface area contributed by atoms with Gasteiger partial charge in [-0.1, -0.05) is 22.0 Å². The fourth-order valence-corrected chi connectivity index (χ4v) is 2.59. The Morgan fingerprint density at radius 2 is 1.94 bits per heavy atom. The number of hydrogen-bond donors (Lipinski definition) is 1. The van der Waals surface area contributed by atoms with E-state index in [4.69, 9.17) is 0 Å². The van der Waals surface area contributed by atoms with Gasteiger partial charge < -0.3 is 5.32 Å². The first-order valence-electron chi connectivity index (χ1n) is 5.85. The van der Waals surface area contributed by atoms with Crippen molar-refractivity contribution in [3.05, 3.63) is 52.6 Å². The molecule has 2 nitrogen and oxygen atoms in total. The Balaban J connectivity index is 1.91. The van der Waals surface area contributed by atoms with Gasteiger partial charge in [0.15, 0.2) is 0 Å². The van der Waals surface area contributed by atoms with Crippen molar-refractivity contribution in [1.82, 2.24) is 4.98 Å². The maximum atomic E-state index is 4.36. The van der Waals surface area contributed by atoms with E-state index < -0.39 is 0 Å². The number of halogens is 1. The van der Waals surface area contributed by atoms with Crippen LogP contribution in [0.15, 0.2) is 52.0 Å². The zero-order valence-electron chi connectivity index (χ0n) is 10.2. The summed E-state index contributed by atoms with van der Waals surface area (Å²) in [5.74, 6) is 1.89. The molecule has 0 amide bonds. The fourth-order valence-electron chi connectivity index (χ4n) is 1.49. The van der Waals surface area contributed by atoms with E-state index in [0.29, 0.717) is 0 Å². The minimum Gasteiger partial charge on any atom is -0.370 e. The minimum atomic E-state index is 0.903. The molecule has 0 bridgehead atoms. The average molecular weight is 323 g/mol. The third kappa shape index (κ3) is 4.03. The van der Waals surface area contributed by atoms with Crippen LogP contribution in [0.2, 0.25) is 0 Å². The predicted octanol–water partition coefficient (Wildman–Crippen LogP) is 4.57. The third-order valence-electron chi connectivity index (χ3n) is 2.40. The first-order chi connectivity index (χ1) is 8.78. The lowest BCUT2D eigenvalue weighted by molar-refractivity contribution is 1.14. The number of hydrogen-bond acceptors (Lipinski definition) is 3. The lowest BCUT2D eigenvalue weighted by Crippen LogP contribution is -1.98. The summed E-state index contributed by atoms with van der Waals surface area (Å²) in [6.45, 7) is 2.97. The molecule has 0 radical (unpaired) electrons. The minimum absolute atomic E-state index is 0.903. The SMILES string of the molecule is CCNc1ccc(CSc2ccc(Br)cc2)cn1. The Hall–Kier alpha value is -1.00. The normalized spacial score (nSPS) is 10.3. The van der Waals surface area contributed by atoms with Crippen molar-refractivity contribution in [2.24, 2.45) is 0 Å². The smallest absolute Gasteiger partial charge is 0.125 e. The van der Waals surface area contributed by atoms with Gasteiger partial charge in [0.2, 0.25) is 0 Å². The number of pyridine rings is 1. The van der Waals surface area contributed by atoms with Crippen molar-refractivity contribution in [3.63, 3.8) is 0 Å². The van der Waals surface area contributed by atoms with E-state index in [-0.39, 0.29) is 0 Å². The number of anilines is 1. The predicted molar refractivity (Wildman–Crippen MR) is 82.1 cm³/mol.